The highest BCUT2D eigenvalue weighted by Gasteiger charge is 2.41. The van der Waals surface area contributed by atoms with Crippen LogP contribution in [0.1, 0.15) is 16.1 Å². The monoisotopic (exact) mass is 348 g/mol. The Labute approximate surface area is 140 Å². The Kier molecular flexibility index (Phi) is 3.49. The Bertz CT molecular complexity index is 849. The molecule has 0 radical (unpaired) electrons. The summed E-state index contributed by atoms with van der Waals surface area (Å²) in [6.45, 7) is 0.524. The third kappa shape index (κ3) is 2.43. The van der Waals surface area contributed by atoms with Crippen LogP contribution in [0.3, 0.4) is 0 Å². The van der Waals surface area contributed by atoms with E-state index < -0.39 is 6.09 Å². The molecule has 0 aliphatic carbocycles. The fraction of sp³-hybridized carbons (Fsp3) is 0.312. The Hall–Kier alpha value is -2.48. The highest BCUT2D eigenvalue weighted by Crippen LogP contribution is 2.29. The predicted molar refractivity (Wildman–Crippen MR) is 84.3 cm³/mol. The zero-order valence-electron chi connectivity index (χ0n) is 12.5. The van der Waals surface area contributed by atoms with Crippen molar-refractivity contribution >= 4 is 39.3 Å². The molecule has 0 saturated carbocycles. The van der Waals surface area contributed by atoms with E-state index in [4.69, 9.17) is 4.74 Å². The van der Waals surface area contributed by atoms with Gasteiger partial charge in [-0.1, -0.05) is 0 Å². The highest BCUT2D eigenvalue weighted by molar-refractivity contribution is 7.20. The van der Waals surface area contributed by atoms with Crippen LogP contribution in [0.5, 0.6) is 0 Å². The van der Waals surface area contributed by atoms with E-state index in [2.05, 4.69) is 0 Å². The van der Waals surface area contributed by atoms with E-state index in [1.165, 1.54) is 23.5 Å². The van der Waals surface area contributed by atoms with Gasteiger partial charge in [0, 0.05) is 17.8 Å². The van der Waals surface area contributed by atoms with Crippen molar-refractivity contribution in [3.63, 3.8) is 0 Å². The smallest absolute Gasteiger partial charge is 0.417 e. The maximum absolute atomic E-state index is 13.3. The normalized spacial score (nSPS) is 21.0. The summed E-state index contributed by atoms with van der Waals surface area (Å²) in [7, 11) is 0. The summed E-state index contributed by atoms with van der Waals surface area (Å²) in [6, 6.07) is 5.74. The number of amides is 3. The van der Waals surface area contributed by atoms with Crippen molar-refractivity contribution in [1.82, 2.24) is 9.80 Å². The Morgan fingerprint density at radius 3 is 2.88 bits per heavy atom. The number of likely N-dealkylation sites (tertiary alicyclic amines) is 1. The van der Waals surface area contributed by atoms with Crippen LogP contribution >= 0.6 is 11.3 Å². The lowest BCUT2D eigenvalue weighted by Gasteiger charge is -2.20. The average Bonchev–Trinajstić information content (AvgIpc) is 3.25. The molecule has 2 saturated heterocycles. The molecule has 24 heavy (non-hydrogen) atoms. The standard InChI is InChI=1S/C16H13FN2O4S/c17-10-1-2-12-9(5-10)6-13(24-12)15(21)18-4-3-11(7-18)19-14(20)8-23-16(19)22/h1-2,5-6,11H,3-4,7-8H2. The van der Waals surface area contributed by atoms with Gasteiger partial charge < -0.3 is 9.64 Å². The van der Waals surface area contributed by atoms with E-state index in [0.29, 0.717) is 29.8 Å². The molecule has 8 heteroatoms. The van der Waals surface area contributed by atoms with Gasteiger partial charge in [-0.3, -0.25) is 9.59 Å². The van der Waals surface area contributed by atoms with Gasteiger partial charge in [-0.05, 0) is 36.1 Å². The molecule has 0 spiro atoms. The molecule has 1 aromatic heterocycles. The van der Waals surface area contributed by atoms with Gasteiger partial charge in [0.25, 0.3) is 11.8 Å². The molecule has 0 bridgehead atoms. The number of rotatable bonds is 2. The molecule has 1 atom stereocenters. The molecular weight excluding hydrogens is 335 g/mol. The van der Waals surface area contributed by atoms with E-state index in [1.807, 2.05) is 0 Å². The van der Waals surface area contributed by atoms with Gasteiger partial charge in [0.05, 0.1) is 10.9 Å². The third-order valence-corrected chi connectivity index (χ3v) is 5.39. The lowest BCUT2D eigenvalue weighted by atomic mass is 10.2. The number of benzene rings is 1. The van der Waals surface area contributed by atoms with E-state index in [-0.39, 0.29) is 30.3 Å². The minimum atomic E-state index is -0.642. The fourth-order valence-electron chi connectivity index (χ4n) is 3.13. The zero-order valence-corrected chi connectivity index (χ0v) is 13.3. The van der Waals surface area contributed by atoms with Gasteiger partial charge in [-0.2, -0.15) is 0 Å². The fourth-order valence-corrected chi connectivity index (χ4v) is 4.14. The number of fused-ring (bicyclic) bond motifs is 1. The van der Waals surface area contributed by atoms with E-state index >= 15 is 0 Å². The van der Waals surface area contributed by atoms with Gasteiger partial charge in [0.1, 0.15) is 5.82 Å². The van der Waals surface area contributed by atoms with Crippen molar-refractivity contribution in [2.24, 2.45) is 0 Å². The minimum absolute atomic E-state index is 0.167. The first kappa shape index (κ1) is 15.1. The van der Waals surface area contributed by atoms with Crippen molar-refractivity contribution in [1.29, 1.82) is 0 Å². The maximum atomic E-state index is 13.3. The summed E-state index contributed by atoms with van der Waals surface area (Å²) in [5, 5.41) is 0.692. The predicted octanol–water partition coefficient (Wildman–Crippen LogP) is 2.23. The number of carbonyl (C=O) groups excluding carboxylic acids is 3. The van der Waals surface area contributed by atoms with Crippen LogP contribution in [-0.2, 0) is 9.53 Å². The third-order valence-electron chi connectivity index (χ3n) is 4.29. The summed E-state index contributed by atoms with van der Waals surface area (Å²) in [4.78, 5) is 39.2. The zero-order chi connectivity index (χ0) is 16.8. The number of imide groups is 1. The van der Waals surface area contributed by atoms with Gasteiger partial charge >= 0.3 is 6.09 Å². The molecule has 2 fully saturated rings. The summed E-state index contributed by atoms with van der Waals surface area (Å²) in [5.41, 5.74) is 0. The molecule has 2 aliphatic heterocycles. The van der Waals surface area contributed by atoms with Crippen molar-refractivity contribution in [3.05, 3.63) is 35.0 Å². The van der Waals surface area contributed by atoms with Crippen LogP contribution in [0.25, 0.3) is 10.1 Å². The average molecular weight is 348 g/mol. The topological polar surface area (TPSA) is 66.9 Å². The van der Waals surface area contributed by atoms with Crippen molar-refractivity contribution in [3.8, 4) is 0 Å². The molecule has 1 unspecified atom stereocenters. The molecule has 3 amide bonds. The molecule has 3 heterocycles. The molecule has 1 aromatic carbocycles. The van der Waals surface area contributed by atoms with Crippen molar-refractivity contribution in [2.45, 2.75) is 12.5 Å². The highest BCUT2D eigenvalue weighted by atomic mass is 32.1. The lowest BCUT2D eigenvalue weighted by molar-refractivity contribution is -0.127. The number of hydrogen-bond donors (Lipinski definition) is 0. The Morgan fingerprint density at radius 1 is 1.29 bits per heavy atom. The molecule has 2 aliphatic rings. The first-order chi connectivity index (χ1) is 11.5. The van der Waals surface area contributed by atoms with Gasteiger partial charge in [-0.15, -0.1) is 11.3 Å². The van der Waals surface area contributed by atoms with Crippen LogP contribution in [0.4, 0.5) is 9.18 Å². The largest absolute Gasteiger partial charge is 0.439 e. The van der Waals surface area contributed by atoms with E-state index in [1.54, 1.807) is 17.0 Å². The quantitative estimate of drug-likeness (QED) is 0.835. The summed E-state index contributed by atoms with van der Waals surface area (Å²) < 4.78 is 18.8. The van der Waals surface area contributed by atoms with Gasteiger partial charge in [0.15, 0.2) is 6.61 Å². The SMILES string of the molecule is O=C(c1cc2cc(F)ccc2s1)N1CCC(N2C(=O)COC2=O)C1. The van der Waals surface area contributed by atoms with Gasteiger partial charge in [-0.25, -0.2) is 14.1 Å². The molecule has 6 nitrogen and oxygen atoms in total. The van der Waals surface area contributed by atoms with Gasteiger partial charge in [0.2, 0.25) is 0 Å². The second kappa shape index (κ2) is 5.55. The van der Waals surface area contributed by atoms with E-state index in [9.17, 15) is 18.8 Å². The number of cyclic esters (lactones) is 1. The second-order valence-corrected chi connectivity index (χ2v) is 6.89. The Morgan fingerprint density at radius 2 is 2.12 bits per heavy atom. The summed E-state index contributed by atoms with van der Waals surface area (Å²) >= 11 is 1.31. The minimum Gasteiger partial charge on any atom is -0.439 e. The molecule has 4 rings (SSSR count). The van der Waals surface area contributed by atoms with Crippen LogP contribution in [0.2, 0.25) is 0 Å². The number of carbonyl (C=O) groups is 3. The van der Waals surface area contributed by atoms with Crippen LogP contribution < -0.4 is 0 Å². The first-order valence-electron chi connectivity index (χ1n) is 7.50. The van der Waals surface area contributed by atoms with Crippen LogP contribution in [0.15, 0.2) is 24.3 Å². The molecular formula is C16H13FN2O4S. The molecule has 124 valence electrons. The number of nitrogens with zero attached hydrogens (tertiary/aromatic N) is 2. The van der Waals surface area contributed by atoms with Crippen molar-refractivity contribution in [2.75, 3.05) is 19.7 Å². The number of halogens is 1. The number of ether oxygens (including phenoxy) is 1. The maximum Gasteiger partial charge on any atom is 0.417 e. The Balaban J connectivity index is 1.52. The molecule has 0 N–H and O–H groups in total. The first-order valence-corrected chi connectivity index (χ1v) is 8.32. The van der Waals surface area contributed by atoms with Crippen LogP contribution in [-0.4, -0.2) is 53.4 Å². The number of thiophene rings is 1. The molecule has 2 aromatic rings. The van der Waals surface area contributed by atoms with Crippen molar-refractivity contribution < 1.29 is 23.5 Å². The summed E-state index contributed by atoms with van der Waals surface area (Å²) in [6.07, 6.45) is -0.108. The lowest BCUT2D eigenvalue weighted by Crippen LogP contribution is -2.41. The summed E-state index contributed by atoms with van der Waals surface area (Å²) in [5.74, 6) is -0.873. The second-order valence-electron chi connectivity index (χ2n) is 5.80. The number of hydrogen-bond acceptors (Lipinski definition) is 5. The van der Waals surface area contributed by atoms with Crippen LogP contribution in [0, 0.1) is 5.82 Å². The van der Waals surface area contributed by atoms with E-state index in [0.717, 1.165) is 9.60 Å².